The van der Waals surface area contributed by atoms with E-state index in [-0.39, 0.29) is 17.5 Å². The van der Waals surface area contributed by atoms with Gasteiger partial charge >= 0.3 is 0 Å². The van der Waals surface area contributed by atoms with E-state index in [1.165, 1.54) is 12.3 Å². The van der Waals surface area contributed by atoms with Crippen LogP contribution in [0.4, 0.5) is 5.69 Å². The summed E-state index contributed by atoms with van der Waals surface area (Å²) in [5.74, 6) is -0.517. The first-order valence-corrected chi connectivity index (χ1v) is 8.14. The van der Waals surface area contributed by atoms with Crippen molar-refractivity contribution < 1.29 is 9.59 Å². The maximum absolute atomic E-state index is 12.4. The number of anilines is 1. The zero-order chi connectivity index (χ0) is 17.5. The summed E-state index contributed by atoms with van der Waals surface area (Å²) >= 11 is 0. The third-order valence-electron chi connectivity index (χ3n) is 3.70. The molecule has 1 heterocycles. The Balaban J connectivity index is 2.09. The number of carbonyl (C=O) groups excluding carboxylic acids is 2. The van der Waals surface area contributed by atoms with Crippen molar-refractivity contribution in [3.63, 3.8) is 0 Å². The van der Waals surface area contributed by atoms with Crippen LogP contribution in [0.5, 0.6) is 0 Å². The lowest BCUT2D eigenvalue weighted by Crippen LogP contribution is -2.25. The SMILES string of the molecule is CCCCNC(=O)c1ccnc(C(=O)Nc2ccc(C)cc2C)c1. The summed E-state index contributed by atoms with van der Waals surface area (Å²) in [6, 6.07) is 8.92. The number of aryl methyl sites for hydroxylation is 2. The predicted molar refractivity (Wildman–Crippen MR) is 95.3 cm³/mol. The second-order valence-electron chi connectivity index (χ2n) is 5.81. The number of carbonyl (C=O) groups is 2. The Bertz CT molecular complexity index is 741. The van der Waals surface area contributed by atoms with Crippen LogP contribution in [0.3, 0.4) is 0 Å². The molecule has 2 amide bonds. The molecule has 0 saturated carbocycles. The number of hydrogen-bond acceptors (Lipinski definition) is 3. The number of pyridine rings is 1. The first-order chi connectivity index (χ1) is 11.5. The van der Waals surface area contributed by atoms with Crippen molar-refractivity contribution in [2.45, 2.75) is 33.6 Å². The van der Waals surface area contributed by atoms with Gasteiger partial charge in [-0.1, -0.05) is 31.0 Å². The van der Waals surface area contributed by atoms with Gasteiger partial charge in [-0.2, -0.15) is 0 Å². The van der Waals surface area contributed by atoms with Crippen LogP contribution in [0.1, 0.15) is 51.7 Å². The van der Waals surface area contributed by atoms with E-state index in [2.05, 4.69) is 22.5 Å². The van der Waals surface area contributed by atoms with E-state index in [1.54, 1.807) is 6.07 Å². The molecular weight excluding hydrogens is 302 g/mol. The lowest BCUT2D eigenvalue weighted by Gasteiger charge is -2.09. The molecule has 0 aliphatic carbocycles. The normalized spacial score (nSPS) is 10.3. The van der Waals surface area contributed by atoms with Gasteiger partial charge < -0.3 is 10.6 Å². The van der Waals surface area contributed by atoms with Crippen LogP contribution < -0.4 is 10.6 Å². The van der Waals surface area contributed by atoms with Gasteiger partial charge in [0.15, 0.2) is 0 Å². The Morgan fingerprint density at radius 1 is 1.08 bits per heavy atom. The summed E-state index contributed by atoms with van der Waals surface area (Å²) in [6.45, 7) is 6.63. The minimum Gasteiger partial charge on any atom is -0.352 e. The zero-order valence-electron chi connectivity index (χ0n) is 14.3. The highest BCUT2D eigenvalue weighted by Crippen LogP contribution is 2.17. The molecule has 0 unspecified atom stereocenters. The number of benzene rings is 1. The van der Waals surface area contributed by atoms with Gasteiger partial charge in [-0.3, -0.25) is 14.6 Å². The van der Waals surface area contributed by atoms with Gasteiger partial charge in [0.25, 0.3) is 11.8 Å². The van der Waals surface area contributed by atoms with Crippen molar-refractivity contribution in [2.75, 3.05) is 11.9 Å². The first-order valence-electron chi connectivity index (χ1n) is 8.14. The minimum atomic E-state index is -0.329. The van der Waals surface area contributed by atoms with Gasteiger partial charge in [0, 0.05) is 24.0 Å². The van der Waals surface area contributed by atoms with E-state index >= 15 is 0 Å². The van der Waals surface area contributed by atoms with Crippen molar-refractivity contribution in [2.24, 2.45) is 0 Å². The Morgan fingerprint density at radius 2 is 1.88 bits per heavy atom. The molecule has 5 nitrogen and oxygen atoms in total. The Morgan fingerprint density at radius 3 is 2.58 bits per heavy atom. The summed E-state index contributed by atoms with van der Waals surface area (Å²) in [4.78, 5) is 28.5. The van der Waals surface area contributed by atoms with E-state index in [9.17, 15) is 9.59 Å². The smallest absolute Gasteiger partial charge is 0.274 e. The number of hydrogen-bond donors (Lipinski definition) is 2. The van der Waals surface area contributed by atoms with Crippen LogP contribution in [-0.2, 0) is 0 Å². The summed E-state index contributed by atoms with van der Waals surface area (Å²) < 4.78 is 0. The molecule has 5 heteroatoms. The fourth-order valence-electron chi connectivity index (χ4n) is 2.32. The number of unbranched alkanes of at least 4 members (excludes halogenated alkanes) is 1. The second-order valence-corrected chi connectivity index (χ2v) is 5.81. The quantitative estimate of drug-likeness (QED) is 0.799. The highest BCUT2D eigenvalue weighted by molar-refractivity contribution is 6.05. The average molecular weight is 325 g/mol. The predicted octanol–water partition coefficient (Wildman–Crippen LogP) is 3.48. The van der Waals surface area contributed by atoms with Crippen LogP contribution in [0.2, 0.25) is 0 Å². The molecule has 1 aromatic carbocycles. The Kier molecular flexibility index (Phi) is 6.07. The van der Waals surface area contributed by atoms with E-state index in [0.29, 0.717) is 12.1 Å². The van der Waals surface area contributed by atoms with Crippen molar-refractivity contribution in [3.05, 3.63) is 58.9 Å². The van der Waals surface area contributed by atoms with E-state index in [4.69, 9.17) is 0 Å². The molecule has 0 bridgehead atoms. The van der Waals surface area contributed by atoms with Crippen LogP contribution >= 0.6 is 0 Å². The number of amides is 2. The van der Waals surface area contributed by atoms with Gasteiger partial charge in [-0.15, -0.1) is 0 Å². The fourth-order valence-corrected chi connectivity index (χ4v) is 2.32. The van der Waals surface area contributed by atoms with Gasteiger partial charge in [-0.25, -0.2) is 0 Å². The Hall–Kier alpha value is -2.69. The highest BCUT2D eigenvalue weighted by Gasteiger charge is 2.12. The van der Waals surface area contributed by atoms with E-state index in [1.807, 2.05) is 32.0 Å². The van der Waals surface area contributed by atoms with Gasteiger partial charge in [0.05, 0.1) is 0 Å². The molecule has 0 radical (unpaired) electrons. The second kappa shape index (κ2) is 8.24. The lowest BCUT2D eigenvalue weighted by atomic mass is 10.1. The number of aromatic nitrogens is 1. The maximum atomic E-state index is 12.4. The molecule has 0 fully saturated rings. The van der Waals surface area contributed by atoms with Gasteiger partial charge in [0.2, 0.25) is 0 Å². The maximum Gasteiger partial charge on any atom is 0.274 e. The van der Waals surface area contributed by atoms with Crippen molar-refractivity contribution in [1.29, 1.82) is 0 Å². The van der Waals surface area contributed by atoms with Crippen molar-refractivity contribution in [3.8, 4) is 0 Å². The topological polar surface area (TPSA) is 71.1 Å². The van der Waals surface area contributed by atoms with Crippen molar-refractivity contribution >= 4 is 17.5 Å². The molecule has 2 rings (SSSR count). The first kappa shape index (κ1) is 17.7. The van der Waals surface area contributed by atoms with Gasteiger partial charge in [0.1, 0.15) is 5.69 Å². The third-order valence-corrected chi connectivity index (χ3v) is 3.70. The monoisotopic (exact) mass is 325 g/mol. The van der Waals surface area contributed by atoms with E-state index < -0.39 is 0 Å². The summed E-state index contributed by atoms with van der Waals surface area (Å²) in [6.07, 6.45) is 3.42. The summed E-state index contributed by atoms with van der Waals surface area (Å²) in [5.41, 5.74) is 3.52. The molecule has 0 aliphatic rings. The van der Waals surface area contributed by atoms with Crippen molar-refractivity contribution in [1.82, 2.24) is 10.3 Å². The van der Waals surface area contributed by atoms with Crippen LogP contribution in [0, 0.1) is 13.8 Å². The lowest BCUT2D eigenvalue weighted by molar-refractivity contribution is 0.0953. The van der Waals surface area contributed by atoms with E-state index in [0.717, 1.165) is 29.7 Å². The van der Waals surface area contributed by atoms with Gasteiger partial charge in [-0.05, 0) is 44.0 Å². The molecule has 2 aromatic rings. The fraction of sp³-hybridized carbons (Fsp3) is 0.316. The molecule has 0 aliphatic heterocycles. The highest BCUT2D eigenvalue weighted by atomic mass is 16.2. The molecular formula is C19H23N3O2. The third kappa shape index (κ3) is 4.65. The molecule has 24 heavy (non-hydrogen) atoms. The standard InChI is InChI=1S/C19H23N3O2/c1-4-5-9-21-18(23)15-8-10-20-17(12-15)19(24)22-16-7-6-13(2)11-14(16)3/h6-8,10-12H,4-5,9H2,1-3H3,(H,21,23)(H,22,24). The number of nitrogens with zero attached hydrogens (tertiary/aromatic N) is 1. The summed E-state index contributed by atoms with van der Waals surface area (Å²) in [7, 11) is 0. The van der Waals surface area contributed by atoms with Crippen LogP contribution in [0.15, 0.2) is 36.5 Å². The molecule has 0 atom stereocenters. The molecule has 0 spiro atoms. The zero-order valence-corrected chi connectivity index (χ0v) is 14.3. The number of rotatable bonds is 6. The number of nitrogens with one attached hydrogen (secondary N) is 2. The Labute approximate surface area is 142 Å². The molecule has 126 valence electrons. The molecule has 0 saturated heterocycles. The minimum absolute atomic E-state index is 0.189. The van der Waals surface area contributed by atoms with Crippen LogP contribution in [0.25, 0.3) is 0 Å². The largest absolute Gasteiger partial charge is 0.352 e. The molecule has 1 aromatic heterocycles. The van der Waals surface area contributed by atoms with Crippen LogP contribution in [-0.4, -0.2) is 23.3 Å². The molecule has 2 N–H and O–H groups in total. The average Bonchev–Trinajstić information content (AvgIpc) is 2.57. The summed E-state index contributed by atoms with van der Waals surface area (Å²) in [5, 5.41) is 5.67.